The van der Waals surface area contributed by atoms with Gasteiger partial charge < -0.3 is 0 Å². The van der Waals surface area contributed by atoms with Gasteiger partial charge in [-0.1, -0.05) is 41.9 Å². The lowest BCUT2D eigenvalue weighted by Gasteiger charge is -2.13. The largest absolute Gasteiger partial charge is 0.293 e. The number of carbonyl (C=O) groups is 2. The zero-order chi connectivity index (χ0) is 15.7. The molecule has 0 N–H and O–H groups in total. The predicted molar refractivity (Wildman–Crippen MR) is 86.3 cm³/mol. The number of hydrogen-bond donors (Lipinski definition) is 0. The molecule has 0 aromatic heterocycles. The highest BCUT2D eigenvalue weighted by Gasteiger charge is 2.39. The van der Waals surface area contributed by atoms with Crippen LogP contribution in [-0.4, -0.2) is 17.4 Å². The molecule has 1 unspecified atom stereocenters. The van der Waals surface area contributed by atoms with Gasteiger partial charge in [-0.2, -0.15) is 10.1 Å². The number of Topliss-reactive ketones (excluding diaryl/α,β-unsaturated/α-hetero) is 1. The Morgan fingerprint density at radius 2 is 1.86 bits per heavy atom. The van der Waals surface area contributed by atoms with E-state index in [1.54, 1.807) is 43.3 Å². The summed E-state index contributed by atoms with van der Waals surface area (Å²) in [6.45, 7) is 1.69. The Hall–Kier alpha value is -2.46. The first-order chi connectivity index (χ1) is 10.6. The minimum Gasteiger partial charge on any atom is -0.293 e. The molecule has 3 rings (SSSR count). The maximum absolute atomic E-state index is 12.6. The van der Waals surface area contributed by atoms with Crippen LogP contribution >= 0.6 is 11.6 Å². The Morgan fingerprint density at radius 1 is 1.14 bits per heavy atom. The van der Waals surface area contributed by atoms with Crippen molar-refractivity contribution in [3.8, 4) is 0 Å². The summed E-state index contributed by atoms with van der Waals surface area (Å²) in [5.41, 5.74) is 1.54. The van der Waals surface area contributed by atoms with E-state index in [9.17, 15) is 9.59 Å². The molecule has 2 aromatic carbocycles. The van der Waals surface area contributed by atoms with E-state index in [0.29, 0.717) is 22.0 Å². The number of amides is 1. The van der Waals surface area contributed by atoms with Gasteiger partial charge in [0.25, 0.3) is 5.91 Å². The molecule has 110 valence electrons. The first kappa shape index (κ1) is 14.5. The molecule has 4 nitrogen and oxygen atoms in total. The van der Waals surface area contributed by atoms with E-state index in [-0.39, 0.29) is 11.7 Å². The summed E-state index contributed by atoms with van der Waals surface area (Å²) in [5, 5.41) is 5.98. The molecule has 0 fully saturated rings. The van der Waals surface area contributed by atoms with Crippen molar-refractivity contribution >= 4 is 34.7 Å². The van der Waals surface area contributed by atoms with Gasteiger partial charge in [0.05, 0.1) is 11.4 Å². The molecule has 1 aliphatic heterocycles. The molecule has 5 heteroatoms. The van der Waals surface area contributed by atoms with E-state index in [1.165, 1.54) is 5.01 Å². The van der Waals surface area contributed by atoms with Crippen molar-refractivity contribution in [2.45, 2.75) is 6.92 Å². The van der Waals surface area contributed by atoms with Crippen molar-refractivity contribution in [1.82, 2.24) is 0 Å². The molecule has 1 amide bonds. The van der Waals surface area contributed by atoms with E-state index >= 15 is 0 Å². The lowest BCUT2D eigenvalue weighted by Crippen LogP contribution is -2.32. The Morgan fingerprint density at radius 3 is 2.55 bits per heavy atom. The smallest absolute Gasteiger partial charge is 0.264 e. The Kier molecular flexibility index (Phi) is 3.77. The molecule has 0 saturated heterocycles. The summed E-state index contributed by atoms with van der Waals surface area (Å²) in [4.78, 5) is 25.2. The maximum Gasteiger partial charge on any atom is 0.264 e. The summed E-state index contributed by atoms with van der Waals surface area (Å²) >= 11 is 5.92. The van der Waals surface area contributed by atoms with Crippen molar-refractivity contribution in [1.29, 1.82) is 0 Å². The van der Waals surface area contributed by atoms with Crippen LogP contribution in [0.15, 0.2) is 59.7 Å². The molecular formula is C17H13ClN2O2. The predicted octanol–water partition coefficient (Wildman–Crippen LogP) is 3.56. The molecule has 0 bridgehead atoms. The number of para-hydroxylation sites is 1. The molecular weight excluding hydrogens is 300 g/mol. The number of anilines is 1. The van der Waals surface area contributed by atoms with Crippen LogP contribution in [0, 0.1) is 5.92 Å². The van der Waals surface area contributed by atoms with E-state index < -0.39 is 5.92 Å². The number of rotatable bonds is 3. The molecule has 0 saturated carbocycles. The van der Waals surface area contributed by atoms with Crippen LogP contribution in [-0.2, 0) is 4.79 Å². The number of hydrazone groups is 1. The summed E-state index contributed by atoms with van der Waals surface area (Å²) in [6.07, 6.45) is 0. The number of nitrogens with zero attached hydrogens (tertiary/aromatic N) is 2. The minimum absolute atomic E-state index is 0.285. The second-order valence-electron chi connectivity index (χ2n) is 5.03. The molecule has 0 spiro atoms. The van der Waals surface area contributed by atoms with Crippen LogP contribution in [0.2, 0.25) is 5.02 Å². The fourth-order valence-electron chi connectivity index (χ4n) is 2.43. The number of ketones is 1. The van der Waals surface area contributed by atoms with Crippen LogP contribution in [0.4, 0.5) is 5.69 Å². The fourth-order valence-corrected chi connectivity index (χ4v) is 2.62. The SMILES string of the molecule is CC1=NN(c2ccccc2)C(=O)C1C(=O)c1cccc(Cl)c1. The molecule has 0 radical (unpaired) electrons. The highest BCUT2D eigenvalue weighted by atomic mass is 35.5. The summed E-state index contributed by atoms with van der Waals surface area (Å²) in [5.74, 6) is -1.51. The maximum atomic E-state index is 12.6. The number of hydrogen-bond acceptors (Lipinski definition) is 3. The van der Waals surface area contributed by atoms with Crippen molar-refractivity contribution in [3.63, 3.8) is 0 Å². The zero-order valence-electron chi connectivity index (χ0n) is 11.9. The second kappa shape index (κ2) is 5.73. The topological polar surface area (TPSA) is 49.7 Å². The lowest BCUT2D eigenvalue weighted by atomic mass is 9.94. The average molecular weight is 313 g/mol. The minimum atomic E-state index is -0.890. The van der Waals surface area contributed by atoms with Gasteiger partial charge >= 0.3 is 0 Å². The Balaban J connectivity index is 1.92. The third kappa shape index (κ3) is 2.53. The third-order valence-electron chi connectivity index (χ3n) is 3.50. The lowest BCUT2D eigenvalue weighted by molar-refractivity contribution is -0.118. The van der Waals surface area contributed by atoms with Crippen molar-refractivity contribution in [2.75, 3.05) is 5.01 Å². The van der Waals surface area contributed by atoms with Gasteiger partial charge in [0, 0.05) is 10.6 Å². The van der Waals surface area contributed by atoms with Gasteiger partial charge in [-0.25, -0.2) is 0 Å². The van der Waals surface area contributed by atoms with Crippen molar-refractivity contribution in [3.05, 3.63) is 65.2 Å². The first-order valence-corrected chi connectivity index (χ1v) is 7.19. The monoisotopic (exact) mass is 312 g/mol. The molecule has 1 heterocycles. The van der Waals surface area contributed by atoms with Gasteiger partial charge in [0.1, 0.15) is 5.92 Å². The van der Waals surface area contributed by atoms with Crippen LogP contribution in [0.1, 0.15) is 17.3 Å². The van der Waals surface area contributed by atoms with Gasteiger partial charge in [0.2, 0.25) is 0 Å². The van der Waals surface area contributed by atoms with Crippen LogP contribution in [0.5, 0.6) is 0 Å². The molecule has 2 aromatic rings. The summed E-state index contributed by atoms with van der Waals surface area (Å²) in [6, 6.07) is 15.6. The molecule has 0 aliphatic carbocycles. The molecule has 1 atom stereocenters. The molecule has 22 heavy (non-hydrogen) atoms. The Bertz CT molecular complexity index is 771. The fraction of sp³-hybridized carbons (Fsp3) is 0.118. The van der Waals surface area contributed by atoms with Gasteiger partial charge in [-0.05, 0) is 31.2 Å². The highest BCUT2D eigenvalue weighted by Crippen LogP contribution is 2.26. The standard InChI is InChI=1S/C17H13ClN2O2/c1-11-15(16(21)12-6-5-7-13(18)10-12)17(22)20(19-11)14-8-3-2-4-9-14/h2-10,15H,1H3. The van der Waals surface area contributed by atoms with E-state index in [4.69, 9.17) is 11.6 Å². The average Bonchev–Trinajstić information content (AvgIpc) is 2.82. The number of benzene rings is 2. The first-order valence-electron chi connectivity index (χ1n) is 6.82. The van der Waals surface area contributed by atoms with Crippen LogP contribution < -0.4 is 5.01 Å². The highest BCUT2D eigenvalue weighted by molar-refractivity contribution is 6.33. The zero-order valence-corrected chi connectivity index (χ0v) is 12.6. The van der Waals surface area contributed by atoms with Gasteiger partial charge in [0.15, 0.2) is 5.78 Å². The Labute approximate surface area is 133 Å². The summed E-state index contributed by atoms with van der Waals surface area (Å²) < 4.78 is 0. The van der Waals surface area contributed by atoms with Gasteiger partial charge in [-0.15, -0.1) is 0 Å². The van der Waals surface area contributed by atoms with E-state index in [0.717, 1.165) is 0 Å². The number of halogens is 1. The molecule has 1 aliphatic rings. The van der Waals surface area contributed by atoms with E-state index in [1.807, 2.05) is 18.2 Å². The van der Waals surface area contributed by atoms with Crippen molar-refractivity contribution < 1.29 is 9.59 Å². The van der Waals surface area contributed by atoms with E-state index in [2.05, 4.69) is 5.10 Å². The second-order valence-corrected chi connectivity index (χ2v) is 5.47. The normalized spacial score (nSPS) is 17.5. The number of carbonyl (C=O) groups excluding carboxylic acids is 2. The van der Waals surface area contributed by atoms with Gasteiger partial charge in [-0.3, -0.25) is 9.59 Å². The van der Waals surface area contributed by atoms with Crippen LogP contribution in [0.25, 0.3) is 0 Å². The van der Waals surface area contributed by atoms with Crippen LogP contribution in [0.3, 0.4) is 0 Å². The third-order valence-corrected chi connectivity index (χ3v) is 3.74. The summed E-state index contributed by atoms with van der Waals surface area (Å²) in [7, 11) is 0. The quantitative estimate of drug-likeness (QED) is 0.642. The van der Waals surface area contributed by atoms with Crippen molar-refractivity contribution in [2.24, 2.45) is 11.0 Å².